The molecule has 0 unspecified atom stereocenters. The Labute approximate surface area is 71.9 Å². The van der Waals surface area contributed by atoms with E-state index in [0.717, 1.165) is 25.6 Å². The highest BCUT2D eigenvalue weighted by Crippen LogP contribution is 2.40. The molecule has 2 heteroatoms. The Morgan fingerprint density at radius 1 is 1.42 bits per heavy atom. The molecule has 2 nitrogen and oxygen atoms in total. The van der Waals surface area contributed by atoms with Gasteiger partial charge in [0.05, 0.1) is 13.2 Å². The van der Waals surface area contributed by atoms with E-state index >= 15 is 0 Å². The van der Waals surface area contributed by atoms with Crippen molar-refractivity contribution in [1.82, 2.24) is 4.98 Å². The van der Waals surface area contributed by atoms with E-state index in [9.17, 15) is 0 Å². The lowest BCUT2D eigenvalue weighted by atomic mass is 10.1. The van der Waals surface area contributed by atoms with Gasteiger partial charge in [-0.3, -0.25) is 0 Å². The summed E-state index contributed by atoms with van der Waals surface area (Å²) < 4.78 is 5.39. The van der Waals surface area contributed by atoms with Crippen LogP contribution in [0.15, 0.2) is 6.07 Å². The van der Waals surface area contributed by atoms with E-state index in [1.165, 1.54) is 29.8 Å². The van der Waals surface area contributed by atoms with E-state index < -0.39 is 0 Å². The first kappa shape index (κ1) is 6.72. The Bertz CT molecular complexity index is 275. The minimum Gasteiger partial charge on any atom is -0.376 e. The molecule has 64 valence electrons. The zero-order valence-corrected chi connectivity index (χ0v) is 7.10. The molecule has 1 saturated carbocycles. The van der Waals surface area contributed by atoms with Gasteiger partial charge in [0.1, 0.15) is 0 Å². The quantitative estimate of drug-likeness (QED) is 0.672. The number of nitrogens with one attached hydrogen (secondary N) is 1. The molecule has 1 aliphatic carbocycles. The Morgan fingerprint density at radius 3 is 3.08 bits per heavy atom. The van der Waals surface area contributed by atoms with Gasteiger partial charge >= 0.3 is 0 Å². The van der Waals surface area contributed by atoms with Gasteiger partial charge in [-0.05, 0) is 30.4 Å². The molecule has 0 atom stereocenters. The van der Waals surface area contributed by atoms with Crippen LogP contribution in [0.1, 0.15) is 35.7 Å². The summed E-state index contributed by atoms with van der Waals surface area (Å²) in [6.07, 6.45) is 3.82. The van der Waals surface area contributed by atoms with Gasteiger partial charge in [-0.2, -0.15) is 0 Å². The average molecular weight is 163 g/mol. The molecule has 2 heterocycles. The Morgan fingerprint density at radius 2 is 2.33 bits per heavy atom. The van der Waals surface area contributed by atoms with E-state index in [1.807, 2.05) is 0 Å². The SMILES string of the molecule is c1c(C2CC2)[nH]c2c1COCC2. The summed E-state index contributed by atoms with van der Waals surface area (Å²) in [7, 11) is 0. The molecule has 3 rings (SSSR count). The van der Waals surface area contributed by atoms with Crippen molar-refractivity contribution in [2.24, 2.45) is 0 Å². The number of hydrogen-bond donors (Lipinski definition) is 1. The molecule has 12 heavy (non-hydrogen) atoms. The molecule has 0 amide bonds. The first-order valence-electron chi connectivity index (χ1n) is 4.72. The smallest absolute Gasteiger partial charge is 0.0734 e. The second-order valence-electron chi connectivity index (χ2n) is 3.81. The molecule has 1 aliphatic heterocycles. The lowest BCUT2D eigenvalue weighted by Gasteiger charge is -2.10. The summed E-state index contributed by atoms with van der Waals surface area (Å²) in [5.41, 5.74) is 4.26. The van der Waals surface area contributed by atoms with Crippen LogP contribution in [0.3, 0.4) is 0 Å². The fourth-order valence-corrected chi connectivity index (χ4v) is 1.89. The second kappa shape index (κ2) is 2.36. The second-order valence-corrected chi connectivity index (χ2v) is 3.81. The van der Waals surface area contributed by atoms with Gasteiger partial charge in [0.25, 0.3) is 0 Å². The van der Waals surface area contributed by atoms with E-state index in [-0.39, 0.29) is 0 Å². The summed E-state index contributed by atoms with van der Waals surface area (Å²) >= 11 is 0. The van der Waals surface area contributed by atoms with Crippen molar-refractivity contribution >= 4 is 0 Å². The molecule has 1 fully saturated rings. The zero-order chi connectivity index (χ0) is 7.97. The van der Waals surface area contributed by atoms with Gasteiger partial charge < -0.3 is 9.72 Å². The molecule has 1 N–H and O–H groups in total. The van der Waals surface area contributed by atoms with Crippen molar-refractivity contribution in [3.8, 4) is 0 Å². The maximum atomic E-state index is 5.39. The van der Waals surface area contributed by atoms with Crippen molar-refractivity contribution in [3.63, 3.8) is 0 Å². The van der Waals surface area contributed by atoms with E-state index in [0.29, 0.717) is 0 Å². The normalized spacial score (nSPS) is 22.3. The Kier molecular flexibility index (Phi) is 1.32. The average Bonchev–Trinajstić information content (AvgIpc) is 2.85. The third-order valence-corrected chi connectivity index (χ3v) is 2.78. The van der Waals surface area contributed by atoms with Crippen molar-refractivity contribution in [3.05, 3.63) is 23.0 Å². The van der Waals surface area contributed by atoms with Crippen LogP contribution in [-0.4, -0.2) is 11.6 Å². The summed E-state index contributed by atoms with van der Waals surface area (Å²) in [5.74, 6) is 0.843. The molecular weight excluding hydrogens is 150 g/mol. The zero-order valence-electron chi connectivity index (χ0n) is 7.10. The lowest BCUT2D eigenvalue weighted by molar-refractivity contribution is 0.110. The Balaban J connectivity index is 1.97. The highest BCUT2D eigenvalue weighted by atomic mass is 16.5. The molecular formula is C10H13NO. The van der Waals surface area contributed by atoms with Crippen molar-refractivity contribution in [1.29, 1.82) is 0 Å². The molecule has 1 aromatic heterocycles. The van der Waals surface area contributed by atoms with Crippen LogP contribution in [-0.2, 0) is 17.8 Å². The van der Waals surface area contributed by atoms with E-state index in [1.54, 1.807) is 0 Å². The van der Waals surface area contributed by atoms with E-state index in [2.05, 4.69) is 11.1 Å². The Hall–Kier alpha value is -0.760. The molecule has 0 bridgehead atoms. The molecule has 0 radical (unpaired) electrons. The van der Waals surface area contributed by atoms with Crippen LogP contribution in [0, 0.1) is 0 Å². The topological polar surface area (TPSA) is 25.0 Å². The van der Waals surface area contributed by atoms with Crippen molar-refractivity contribution < 1.29 is 4.74 Å². The van der Waals surface area contributed by atoms with E-state index in [4.69, 9.17) is 4.74 Å². The number of aromatic nitrogens is 1. The minimum atomic E-state index is 0.818. The first-order valence-corrected chi connectivity index (χ1v) is 4.72. The van der Waals surface area contributed by atoms with Gasteiger partial charge in [0.15, 0.2) is 0 Å². The number of fused-ring (bicyclic) bond motifs is 1. The molecule has 0 aromatic carbocycles. The number of hydrogen-bond acceptors (Lipinski definition) is 1. The standard InChI is InChI=1S/C10H13NO/c1-2-7(1)10-5-8-6-12-4-3-9(8)11-10/h5,7,11H,1-4,6H2. The summed E-state index contributed by atoms with van der Waals surface area (Å²) in [4.78, 5) is 3.52. The summed E-state index contributed by atoms with van der Waals surface area (Å²) in [6, 6.07) is 2.30. The van der Waals surface area contributed by atoms with Crippen molar-refractivity contribution in [2.45, 2.75) is 31.8 Å². The molecule has 2 aliphatic rings. The maximum Gasteiger partial charge on any atom is 0.0734 e. The molecule has 1 aromatic rings. The molecule has 0 spiro atoms. The van der Waals surface area contributed by atoms with Gasteiger partial charge in [-0.1, -0.05) is 0 Å². The summed E-state index contributed by atoms with van der Waals surface area (Å²) in [5, 5.41) is 0. The fraction of sp³-hybridized carbons (Fsp3) is 0.600. The van der Waals surface area contributed by atoms with Crippen LogP contribution in [0.2, 0.25) is 0 Å². The van der Waals surface area contributed by atoms with Crippen LogP contribution in [0.4, 0.5) is 0 Å². The van der Waals surface area contributed by atoms with Crippen LogP contribution in [0.5, 0.6) is 0 Å². The van der Waals surface area contributed by atoms with Gasteiger partial charge in [0, 0.05) is 17.8 Å². The largest absolute Gasteiger partial charge is 0.376 e. The van der Waals surface area contributed by atoms with Gasteiger partial charge in [-0.15, -0.1) is 0 Å². The van der Waals surface area contributed by atoms with Crippen LogP contribution >= 0.6 is 0 Å². The van der Waals surface area contributed by atoms with Gasteiger partial charge in [0.2, 0.25) is 0 Å². The summed E-state index contributed by atoms with van der Waals surface area (Å²) in [6.45, 7) is 1.70. The number of rotatable bonds is 1. The van der Waals surface area contributed by atoms with Gasteiger partial charge in [-0.25, -0.2) is 0 Å². The van der Waals surface area contributed by atoms with Crippen LogP contribution in [0.25, 0.3) is 0 Å². The number of aromatic amines is 1. The predicted octanol–water partition coefficient (Wildman–Crippen LogP) is 1.96. The fourth-order valence-electron chi connectivity index (χ4n) is 1.89. The van der Waals surface area contributed by atoms with Crippen molar-refractivity contribution in [2.75, 3.05) is 6.61 Å². The minimum absolute atomic E-state index is 0.818. The first-order chi connectivity index (χ1) is 5.93. The molecule has 0 saturated heterocycles. The highest BCUT2D eigenvalue weighted by Gasteiger charge is 2.26. The number of ether oxygens (including phenoxy) is 1. The predicted molar refractivity (Wildman–Crippen MR) is 46.1 cm³/mol. The highest BCUT2D eigenvalue weighted by molar-refractivity contribution is 5.30. The monoisotopic (exact) mass is 163 g/mol. The maximum absolute atomic E-state index is 5.39. The third kappa shape index (κ3) is 0.985. The number of H-pyrrole nitrogens is 1. The van der Waals surface area contributed by atoms with Crippen LogP contribution < -0.4 is 0 Å². The lowest BCUT2D eigenvalue weighted by Crippen LogP contribution is -2.07. The third-order valence-electron chi connectivity index (χ3n) is 2.78.